The third-order valence-electron chi connectivity index (χ3n) is 3.93. The van der Waals surface area contributed by atoms with Crippen LogP contribution in [-0.4, -0.2) is 52.0 Å². The third kappa shape index (κ3) is 6.86. The van der Waals surface area contributed by atoms with Crippen LogP contribution < -0.4 is 5.32 Å². The molecule has 0 aromatic heterocycles. The molecule has 0 aliphatic rings. The normalized spacial score (nSPS) is 10.5. The summed E-state index contributed by atoms with van der Waals surface area (Å²) >= 11 is 7.79. The van der Waals surface area contributed by atoms with Crippen LogP contribution in [0.4, 0.5) is 0 Å². The van der Waals surface area contributed by atoms with Gasteiger partial charge in [-0.2, -0.15) is 0 Å². The van der Waals surface area contributed by atoms with Crippen molar-refractivity contribution in [1.29, 1.82) is 0 Å². The Balaban J connectivity index is 2.49. The SMILES string of the molecule is O=C(O)CNC(=O)c1c(I)c(I)c(C(=O)N(CC(=O)O)Cc2ccccc2)c(I)c1I. The second-order valence-electron chi connectivity index (χ2n) is 6.12. The molecule has 0 aliphatic carbocycles. The van der Waals surface area contributed by atoms with E-state index in [1.54, 1.807) is 0 Å². The second-order valence-corrected chi connectivity index (χ2v) is 10.4. The monoisotopic (exact) mass is 874 g/mol. The van der Waals surface area contributed by atoms with Crippen LogP contribution in [0.2, 0.25) is 0 Å². The molecule has 0 unspecified atom stereocenters. The van der Waals surface area contributed by atoms with Crippen molar-refractivity contribution in [2.45, 2.75) is 6.54 Å². The van der Waals surface area contributed by atoms with Crippen LogP contribution in [0.25, 0.3) is 0 Å². The van der Waals surface area contributed by atoms with E-state index >= 15 is 0 Å². The molecule has 0 aliphatic heterocycles. The predicted molar refractivity (Wildman–Crippen MR) is 146 cm³/mol. The molecule has 0 bridgehead atoms. The quantitative estimate of drug-likeness (QED) is 0.275. The third-order valence-corrected chi connectivity index (χ3v) is 10.3. The van der Waals surface area contributed by atoms with Crippen LogP contribution in [-0.2, 0) is 16.1 Å². The van der Waals surface area contributed by atoms with Crippen molar-refractivity contribution in [1.82, 2.24) is 10.2 Å². The first kappa shape index (κ1) is 26.5. The van der Waals surface area contributed by atoms with Crippen LogP contribution >= 0.6 is 90.4 Å². The number of carboxylic acids is 2. The van der Waals surface area contributed by atoms with Crippen molar-refractivity contribution >= 4 is 114 Å². The van der Waals surface area contributed by atoms with Gasteiger partial charge in [0.1, 0.15) is 13.1 Å². The van der Waals surface area contributed by atoms with Crippen molar-refractivity contribution in [3.8, 4) is 0 Å². The van der Waals surface area contributed by atoms with E-state index in [4.69, 9.17) is 5.11 Å². The van der Waals surface area contributed by atoms with Gasteiger partial charge < -0.3 is 20.4 Å². The minimum atomic E-state index is -1.17. The fraction of sp³-hybridized carbons (Fsp3) is 0.158. The van der Waals surface area contributed by atoms with Gasteiger partial charge in [0.15, 0.2) is 0 Å². The minimum Gasteiger partial charge on any atom is -0.480 e. The molecule has 2 rings (SSSR count). The molecule has 0 fully saturated rings. The van der Waals surface area contributed by atoms with Gasteiger partial charge in [0.25, 0.3) is 11.8 Å². The van der Waals surface area contributed by atoms with Crippen LogP contribution in [0.1, 0.15) is 26.3 Å². The average molecular weight is 874 g/mol. The zero-order chi connectivity index (χ0) is 23.3. The minimum absolute atomic E-state index is 0.117. The summed E-state index contributed by atoms with van der Waals surface area (Å²) in [7, 11) is 0. The Morgan fingerprint density at radius 2 is 1.32 bits per heavy atom. The number of hydrogen-bond donors (Lipinski definition) is 3. The molecule has 3 N–H and O–H groups in total. The number of nitrogens with one attached hydrogen (secondary N) is 1. The standard InChI is InChI=1S/C19H14I4N2O6/c20-14-12(18(30)24-6-10(26)27)15(21)17(23)13(16(14)22)19(31)25(8-11(28)29)7-9-4-2-1-3-5-9/h1-5H,6-8H2,(H,24,30)(H,26,27)(H,28,29). The van der Waals surface area contributed by atoms with Gasteiger partial charge in [0.05, 0.1) is 11.1 Å². The molecule has 2 amide bonds. The van der Waals surface area contributed by atoms with E-state index in [9.17, 15) is 24.3 Å². The van der Waals surface area contributed by atoms with Crippen molar-refractivity contribution in [2.24, 2.45) is 0 Å². The Labute approximate surface area is 232 Å². The van der Waals surface area contributed by atoms with Gasteiger partial charge in [0, 0.05) is 20.8 Å². The molecule has 0 saturated heterocycles. The number of aliphatic carboxylic acids is 2. The van der Waals surface area contributed by atoms with Crippen molar-refractivity contribution in [3.63, 3.8) is 0 Å². The van der Waals surface area contributed by atoms with E-state index in [0.29, 0.717) is 19.8 Å². The highest BCUT2D eigenvalue weighted by atomic mass is 127. The maximum atomic E-state index is 13.4. The Hall–Kier alpha value is -0.760. The zero-order valence-corrected chi connectivity index (χ0v) is 24.1. The van der Waals surface area contributed by atoms with Gasteiger partial charge in [-0.25, -0.2) is 0 Å². The molecular formula is C19H14I4N2O6. The predicted octanol–water partition coefficient (Wildman–Crippen LogP) is 3.65. The van der Waals surface area contributed by atoms with Crippen molar-refractivity contribution < 1.29 is 29.4 Å². The highest BCUT2D eigenvalue weighted by Crippen LogP contribution is 2.34. The van der Waals surface area contributed by atoms with E-state index in [0.717, 1.165) is 5.56 Å². The number of amides is 2. The van der Waals surface area contributed by atoms with E-state index in [1.165, 1.54) is 4.90 Å². The highest BCUT2D eigenvalue weighted by Gasteiger charge is 2.30. The molecular weight excluding hydrogens is 860 g/mol. The Morgan fingerprint density at radius 1 is 0.806 bits per heavy atom. The molecule has 0 atom stereocenters. The maximum Gasteiger partial charge on any atom is 0.323 e. The second kappa shape index (κ2) is 11.9. The summed E-state index contributed by atoms with van der Waals surface area (Å²) in [6.07, 6.45) is 0. The molecule has 0 saturated carbocycles. The number of nitrogens with zero attached hydrogens (tertiary/aromatic N) is 1. The lowest BCUT2D eigenvalue weighted by Gasteiger charge is -2.24. The van der Waals surface area contributed by atoms with Crippen LogP contribution in [0.15, 0.2) is 30.3 Å². The summed E-state index contributed by atoms with van der Waals surface area (Å²) in [6.45, 7) is -0.887. The van der Waals surface area contributed by atoms with E-state index in [2.05, 4.69) is 5.32 Å². The molecule has 12 heteroatoms. The summed E-state index contributed by atoms with van der Waals surface area (Å²) in [5.41, 5.74) is 1.37. The van der Waals surface area contributed by atoms with Gasteiger partial charge in [-0.1, -0.05) is 30.3 Å². The van der Waals surface area contributed by atoms with Gasteiger partial charge in [-0.05, 0) is 95.9 Å². The number of carboxylic acid groups (broad SMARTS) is 2. The number of rotatable bonds is 8. The van der Waals surface area contributed by atoms with E-state index in [1.807, 2.05) is 121 Å². The number of halogens is 4. The fourth-order valence-electron chi connectivity index (χ4n) is 2.59. The Bertz CT molecular complexity index is 1020. The number of benzene rings is 2. The van der Waals surface area contributed by atoms with E-state index in [-0.39, 0.29) is 12.1 Å². The lowest BCUT2D eigenvalue weighted by Crippen LogP contribution is -2.37. The first-order valence-electron chi connectivity index (χ1n) is 8.45. The zero-order valence-electron chi connectivity index (χ0n) is 15.5. The molecule has 164 valence electrons. The molecule has 8 nitrogen and oxygen atoms in total. The summed E-state index contributed by atoms with van der Waals surface area (Å²) in [5, 5.41) is 20.5. The summed E-state index contributed by atoms with van der Waals surface area (Å²) in [4.78, 5) is 49.4. The lowest BCUT2D eigenvalue weighted by atomic mass is 10.1. The van der Waals surface area contributed by atoms with Crippen LogP contribution in [0, 0.1) is 14.3 Å². The Morgan fingerprint density at radius 3 is 1.81 bits per heavy atom. The fourth-order valence-corrected chi connectivity index (χ4v) is 6.73. The summed E-state index contributed by atoms with van der Waals surface area (Å²) < 4.78 is 1.97. The van der Waals surface area contributed by atoms with E-state index < -0.39 is 36.8 Å². The number of carbonyl (C=O) groups is 4. The first-order chi connectivity index (χ1) is 14.5. The molecule has 31 heavy (non-hydrogen) atoms. The topological polar surface area (TPSA) is 124 Å². The van der Waals surface area contributed by atoms with Crippen LogP contribution in [0.3, 0.4) is 0 Å². The number of carbonyl (C=O) groups excluding carboxylic acids is 2. The Kier molecular flexibility index (Phi) is 10.2. The van der Waals surface area contributed by atoms with Gasteiger partial charge in [-0.3, -0.25) is 19.2 Å². The van der Waals surface area contributed by atoms with Gasteiger partial charge >= 0.3 is 11.9 Å². The molecule has 2 aromatic rings. The smallest absolute Gasteiger partial charge is 0.323 e. The largest absolute Gasteiger partial charge is 0.480 e. The molecule has 0 heterocycles. The highest BCUT2D eigenvalue weighted by molar-refractivity contribution is 14.1. The summed E-state index contributed by atoms with van der Waals surface area (Å²) in [6, 6.07) is 9.06. The van der Waals surface area contributed by atoms with Crippen molar-refractivity contribution in [3.05, 3.63) is 61.3 Å². The van der Waals surface area contributed by atoms with Crippen LogP contribution in [0.5, 0.6) is 0 Å². The first-order valence-corrected chi connectivity index (χ1v) is 12.8. The van der Waals surface area contributed by atoms with Gasteiger partial charge in [-0.15, -0.1) is 0 Å². The molecule has 0 radical (unpaired) electrons. The molecule has 2 aromatic carbocycles. The average Bonchev–Trinajstić information content (AvgIpc) is 2.71. The lowest BCUT2D eigenvalue weighted by molar-refractivity contribution is -0.138. The summed E-state index contributed by atoms with van der Waals surface area (Å²) in [5.74, 6) is -3.32. The molecule has 0 spiro atoms. The van der Waals surface area contributed by atoms with Gasteiger partial charge in [0.2, 0.25) is 0 Å². The maximum absolute atomic E-state index is 13.4. The van der Waals surface area contributed by atoms with Crippen molar-refractivity contribution in [2.75, 3.05) is 13.1 Å². The number of hydrogen-bond acceptors (Lipinski definition) is 4.